The first-order valence-corrected chi connectivity index (χ1v) is 10.0. The van der Waals surface area contributed by atoms with Gasteiger partial charge >= 0.3 is 5.97 Å². The minimum atomic E-state index is -3.74. The number of benzene rings is 1. The van der Waals surface area contributed by atoms with E-state index >= 15 is 0 Å². The summed E-state index contributed by atoms with van der Waals surface area (Å²) in [5, 5.41) is 11.6. The van der Waals surface area contributed by atoms with Crippen LogP contribution < -0.4 is 10.0 Å². The lowest BCUT2D eigenvalue weighted by Crippen LogP contribution is -2.42. The van der Waals surface area contributed by atoms with E-state index in [9.17, 15) is 18.0 Å². The van der Waals surface area contributed by atoms with E-state index in [4.69, 9.17) is 5.11 Å². The third-order valence-electron chi connectivity index (χ3n) is 3.86. The van der Waals surface area contributed by atoms with Crippen molar-refractivity contribution in [1.82, 2.24) is 10.0 Å². The van der Waals surface area contributed by atoms with Crippen molar-refractivity contribution < 1.29 is 23.1 Å². The van der Waals surface area contributed by atoms with Gasteiger partial charge in [0, 0.05) is 13.0 Å². The fourth-order valence-corrected chi connectivity index (χ4v) is 4.40. The second-order valence-corrected chi connectivity index (χ2v) is 8.67. The van der Waals surface area contributed by atoms with E-state index in [2.05, 4.69) is 10.0 Å². The molecule has 0 aliphatic rings. The first-order chi connectivity index (χ1) is 11.9. The van der Waals surface area contributed by atoms with Crippen LogP contribution >= 0.6 is 0 Å². The predicted octanol–water partition coefficient (Wildman–Crippen LogP) is 1.90. The lowest BCUT2D eigenvalue weighted by atomic mass is 10.0. The average molecular weight is 384 g/mol. The highest BCUT2D eigenvalue weighted by atomic mass is 32.2. The van der Waals surface area contributed by atoms with Crippen LogP contribution in [0.1, 0.15) is 43.4 Å². The monoisotopic (exact) mass is 384 g/mol. The van der Waals surface area contributed by atoms with Gasteiger partial charge in [-0.3, -0.25) is 4.79 Å². The number of amides is 1. The van der Waals surface area contributed by atoms with Gasteiger partial charge in [-0.25, -0.2) is 17.9 Å². The molecule has 0 bridgehead atoms. The molecule has 0 saturated carbocycles. The predicted molar refractivity (Wildman–Crippen MR) is 99.5 cm³/mol. The summed E-state index contributed by atoms with van der Waals surface area (Å²) in [6.45, 7) is 8.97. The number of aliphatic carboxylic acids is 1. The number of carbonyl (C=O) groups is 2. The van der Waals surface area contributed by atoms with Crippen LogP contribution in [0.2, 0.25) is 0 Å². The molecule has 0 heterocycles. The number of carboxylic acid groups (broad SMARTS) is 1. The Morgan fingerprint density at radius 3 is 2.12 bits per heavy atom. The van der Waals surface area contributed by atoms with Crippen LogP contribution in [0.3, 0.4) is 0 Å². The van der Waals surface area contributed by atoms with E-state index < -0.39 is 27.9 Å². The smallest absolute Gasteiger partial charge is 0.326 e. The molecule has 0 saturated heterocycles. The number of carboxylic acids is 1. The normalized spacial score (nSPS) is 12.8. The highest BCUT2D eigenvalue weighted by Crippen LogP contribution is 2.21. The van der Waals surface area contributed by atoms with E-state index in [-0.39, 0.29) is 23.8 Å². The molecule has 0 aliphatic heterocycles. The maximum absolute atomic E-state index is 12.5. The Balaban J connectivity index is 2.69. The first kappa shape index (κ1) is 22.1. The zero-order chi connectivity index (χ0) is 20.1. The number of hydrogen-bond donors (Lipinski definition) is 3. The highest BCUT2D eigenvalue weighted by Gasteiger charge is 2.22. The molecule has 1 rings (SSSR count). The number of nitrogens with one attached hydrogen (secondary N) is 2. The van der Waals surface area contributed by atoms with Gasteiger partial charge in [-0.2, -0.15) is 0 Å². The molecule has 0 aromatic heterocycles. The topological polar surface area (TPSA) is 113 Å². The lowest BCUT2D eigenvalue weighted by Gasteiger charge is -2.17. The molecule has 1 atom stereocenters. The molecule has 0 radical (unpaired) electrons. The van der Waals surface area contributed by atoms with Crippen molar-refractivity contribution in [2.45, 2.75) is 58.4 Å². The second kappa shape index (κ2) is 9.14. The van der Waals surface area contributed by atoms with Crippen molar-refractivity contribution in [1.29, 1.82) is 0 Å². The summed E-state index contributed by atoms with van der Waals surface area (Å²) in [5.74, 6) is -1.49. The van der Waals surface area contributed by atoms with Gasteiger partial charge in [-0.1, -0.05) is 31.5 Å². The SMILES string of the molecule is Cc1cc(C)c(S(=O)(=O)NCCC(=O)NC(CC(C)C)C(=O)O)c(C)c1. The van der Waals surface area contributed by atoms with Crippen molar-refractivity contribution in [2.75, 3.05) is 6.54 Å². The maximum Gasteiger partial charge on any atom is 0.326 e. The van der Waals surface area contributed by atoms with Crippen LogP contribution in [0.4, 0.5) is 0 Å². The molecule has 26 heavy (non-hydrogen) atoms. The maximum atomic E-state index is 12.5. The van der Waals surface area contributed by atoms with E-state index in [0.717, 1.165) is 5.56 Å². The van der Waals surface area contributed by atoms with Crippen molar-refractivity contribution in [3.63, 3.8) is 0 Å². The Morgan fingerprint density at radius 1 is 1.12 bits per heavy atom. The molecule has 1 aromatic carbocycles. The Kier molecular flexibility index (Phi) is 7.77. The van der Waals surface area contributed by atoms with Crippen LogP contribution in [-0.2, 0) is 19.6 Å². The zero-order valence-electron chi connectivity index (χ0n) is 15.9. The number of carbonyl (C=O) groups excluding carboxylic acids is 1. The third-order valence-corrected chi connectivity index (χ3v) is 5.62. The molecular weight excluding hydrogens is 356 g/mol. The van der Waals surface area contributed by atoms with Crippen molar-refractivity contribution >= 4 is 21.9 Å². The Morgan fingerprint density at radius 2 is 1.65 bits per heavy atom. The Bertz CT molecular complexity index is 749. The van der Waals surface area contributed by atoms with Gasteiger partial charge in [0.25, 0.3) is 0 Å². The highest BCUT2D eigenvalue weighted by molar-refractivity contribution is 7.89. The van der Waals surface area contributed by atoms with E-state index in [1.165, 1.54) is 0 Å². The summed E-state index contributed by atoms with van der Waals surface area (Å²) >= 11 is 0. The fraction of sp³-hybridized carbons (Fsp3) is 0.556. The molecule has 7 nitrogen and oxygen atoms in total. The first-order valence-electron chi connectivity index (χ1n) is 8.53. The lowest BCUT2D eigenvalue weighted by molar-refractivity contribution is -0.142. The summed E-state index contributed by atoms with van der Waals surface area (Å²) in [7, 11) is -3.74. The van der Waals surface area contributed by atoms with Gasteiger partial charge in [0.2, 0.25) is 15.9 Å². The number of rotatable bonds is 9. The molecule has 8 heteroatoms. The Labute approximate surface area is 155 Å². The molecule has 0 aliphatic carbocycles. The molecular formula is C18H28N2O5S. The summed E-state index contributed by atoms with van der Waals surface area (Å²) in [6, 6.07) is 2.61. The molecule has 1 amide bonds. The van der Waals surface area contributed by atoms with Crippen molar-refractivity contribution in [3.05, 3.63) is 28.8 Å². The summed E-state index contributed by atoms with van der Waals surface area (Å²) < 4.78 is 27.4. The van der Waals surface area contributed by atoms with Gasteiger partial charge in [0.1, 0.15) is 6.04 Å². The van der Waals surface area contributed by atoms with E-state index in [1.807, 2.05) is 20.8 Å². The Hall–Kier alpha value is -1.93. The minimum absolute atomic E-state index is 0.102. The van der Waals surface area contributed by atoms with Crippen molar-refractivity contribution in [2.24, 2.45) is 5.92 Å². The van der Waals surface area contributed by atoms with Crippen LogP contribution in [0.5, 0.6) is 0 Å². The second-order valence-electron chi connectivity index (χ2n) is 6.96. The summed E-state index contributed by atoms with van der Waals surface area (Å²) in [6.07, 6.45) is 0.180. The van der Waals surface area contributed by atoms with Gasteiger partial charge in [0.05, 0.1) is 4.90 Å². The van der Waals surface area contributed by atoms with Gasteiger partial charge in [0.15, 0.2) is 0 Å². The third kappa shape index (κ3) is 6.42. The quantitative estimate of drug-likeness (QED) is 0.602. The molecule has 1 unspecified atom stereocenters. The van der Waals surface area contributed by atoms with E-state index in [1.54, 1.807) is 26.0 Å². The molecule has 3 N–H and O–H groups in total. The van der Waals surface area contributed by atoms with Crippen LogP contribution in [0.15, 0.2) is 17.0 Å². The number of sulfonamides is 1. The van der Waals surface area contributed by atoms with Crippen molar-refractivity contribution in [3.8, 4) is 0 Å². The van der Waals surface area contributed by atoms with Gasteiger partial charge < -0.3 is 10.4 Å². The molecule has 0 spiro atoms. The van der Waals surface area contributed by atoms with Gasteiger partial charge in [-0.05, 0) is 44.2 Å². The van der Waals surface area contributed by atoms with Crippen LogP contribution in [0, 0.1) is 26.7 Å². The van der Waals surface area contributed by atoms with Crippen LogP contribution in [-0.4, -0.2) is 38.0 Å². The zero-order valence-corrected chi connectivity index (χ0v) is 16.7. The molecule has 1 aromatic rings. The minimum Gasteiger partial charge on any atom is -0.480 e. The number of hydrogen-bond acceptors (Lipinski definition) is 4. The largest absolute Gasteiger partial charge is 0.480 e. The average Bonchev–Trinajstić information content (AvgIpc) is 2.43. The summed E-state index contributed by atoms with van der Waals surface area (Å²) in [4.78, 5) is 23.3. The van der Waals surface area contributed by atoms with Gasteiger partial charge in [-0.15, -0.1) is 0 Å². The van der Waals surface area contributed by atoms with Crippen LogP contribution in [0.25, 0.3) is 0 Å². The number of aryl methyl sites for hydroxylation is 3. The molecule has 0 fully saturated rings. The summed E-state index contributed by atoms with van der Waals surface area (Å²) in [5.41, 5.74) is 2.26. The van der Waals surface area contributed by atoms with E-state index in [0.29, 0.717) is 17.5 Å². The standard InChI is InChI=1S/C18H28N2O5S/c1-11(2)8-15(18(22)23)20-16(21)6-7-19-26(24,25)17-13(4)9-12(3)10-14(17)5/h9-11,15,19H,6-8H2,1-5H3,(H,20,21)(H,22,23). The fourth-order valence-electron chi connectivity index (χ4n) is 2.92. The molecule has 146 valence electrons.